The Morgan fingerprint density at radius 2 is 2.33 bits per heavy atom. The van der Waals surface area contributed by atoms with E-state index in [0.29, 0.717) is 15.3 Å². The van der Waals surface area contributed by atoms with Gasteiger partial charge in [-0.25, -0.2) is 0 Å². The number of thiophene rings is 1. The highest BCUT2D eigenvalue weighted by Gasteiger charge is 2.31. The number of hydrogen-bond acceptors (Lipinski definition) is 3. The van der Waals surface area contributed by atoms with Crippen LogP contribution < -0.4 is 0 Å². The van der Waals surface area contributed by atoms with Crippen LogP contribution in [0, 0.1) is 5.92 Å². The fourth-order valence-electron chi connectivity index (χ4n) is 1.88. The van der Waals surface area contributed by atoms with Crippen LogP contribution in [0.4, 0.5) is 0 Å². The third-order valence-corrected chi connectivity index (χ3v) is 4.20. The van der Waals surface area contributed by atoms with E-state index in [2.05, 4.69) is 0 Å². The number of aliphatic hydroxyl groups excluding tert-OH is 1. The van der Waals surface area contributed by atoms with E-state index in [1.165, 1.54) is 11.3 Å². The lowest BCUT2D eigenvalue weighted by Gasteiger charge is -2.15. The van der Waals surface area contributed by atoms with Gasteiger partial charge in [-0.15, -0.1) is 11.3 Å². The molecule has 84 valence electrons. The van der Waals surface area contributed by atoms with Crippen LogP contribution in [0.15, 0.2) is 6.07 Å². The van der Waals surface area contributed by atoms with Crippen LogP contribution in [0.5, 0.6) is 0 Å². The van der Waals surface area contributed by atoms with Crippen LogP contribution >= 0.6 is 34.5 Å². The number of halogens is 2. The van der Waals surface area contributed by atoms with Crippen molar-refractivity contribution in [3.8, 4) is 0 Å². The summed E-state index contributed by atoms with van der Waals surface area (Å²) in [5.41, 5.74) is 0.731. The van der Waals surface area contributed by atoms with E-state index in [4.69, 9.17) is 27.9 Å². The second-order valence-corrected chi connectivity index (χ2v) is 6.15. The van der Waals surface area contributed by atoms with Gasteiger partial charge in [0.1, 0.15) is 4.34 Å². The van der Waals surface area contributed by atoms with Gasteiger partial charge in [0.15, 0.2) is 0 Å². The molecular formula is C10H12Cl2O2S. The summed E-state index contributed by atoms with van der Waals surface area (Å²) in [6, 6.07) is 1.74. The highest BCUT2D eigenvalue weighted by atomic mass is 35.5. The van der Waals surface area contributed by atoms with Gasteiger partial charge in [0.25, 0.3) is 0 Å². The van der Waals surface area contributed by atoms with E-state index in [0.717, 1.165) is 12.0 Å². The molecule has 2 nitrogen and oxygen atoms in total. The summed E-state index contributed by atoms with van der Waals surface area (Å²) in [5, 5.41) is 10.1. The molecule has 0 radical (unpaired) electrons. The molecular weight excluding hydrogens is 255 g/mol. The summed E-state index contributed by atoms with van der Waals surface area (Å²) in [6.07, 6.45) is 0.522. The maximum Gasteiger partial charge on any atom is 0.100 e. The summed E-state index contributed by atoms with van der Waals surface area (Å²) < 4.78 is 6.61. The van der Waals surface area contributed by atoms with Gasteiger partial charge in [0.2, 0.25) is 0 Å². The molecule has 15 heavy (non-hydrogen) atoms. The maximum absolute atomic E-state index is 10.1. The molecule has 2 heterocycles. The Balaban J connectivity index is 2.13. The lowest BCUT2D eigenvalue weighted by molar-refractivity contribution is 0.0807. The summed E-state index contributed by atoms with van der Waals surface area (Å²) >= 11 is 13.1. The van der Waals surface area contributed by atoms with Crippen LogP contribution in [0.1, 0.15) is 25.0 Å². The Kier molecular flexibility index (Phi) is 3.58. The first kappa shape index (κ1) is 11.7. The van der Waals surface area contributed by atoms with Gasteiger partial charge in [0.05, 0.1) is 23.2 Å². The first-order valence-electron chi connectivity index (χ1n) is 4.82. The van der Waals surface area contributed by atoms with Crippen LogP contribution in [-0.4, -0.2) is 17.8 Å². The normalized spacial score (nSPS) is 28.3. The molecule has 0 aliphatic carbocycles. The monoisotopic (exact) mass is 266 g/mol. The predicted molar refractivity (Wildman–Crippen MR) is 62.8 cm³/mol. The molecule has 0 aromatic carbocycles. The van der Waals surface area contributed by atoms with E-state index < -0.39 is 6.10 Å². The summed E-state index contributed by atoms with van der Waals surface area (Å²) in [5.74, 6) is 0.128. The Labute approximate surface area is 103 Å². The topological polar surface area (TPSA) is 29.5 Å². The quantitative estimate of drug-likeness (QED) is 0.888. The molecule has 3 atom stereocenters. The van der Waals surface area contributed by atoms with E-state index in [9.17, 15) is 5.11 Å². The molecule has 3 unspecified atom stereocenters. The van der Waals surface area contributed by atoms with Crippen molar-refractivity contribution in [1.29, 1.82) is 0 Å². The lowest BCUT2D eigenvalue weighted by Crippen LogP contribution is -2.12. The lowest BCUT2D eigenvalue weighted by atomic mass is 9.95. The summed E-state index contributed by atoms with van der Waals surface area (Å²) in [6.45, 7) is 2.60. The third-order valence-electron chi connectivity index (χ3n) is 2.68. The van der Waals surface area contributed by atoms with Crippen LogP contribution in [0.2, 0.25) is 8.67 Å². The molecule has 2 rings (SSSR count). The zero-order valence-corrected chi connectivity index (χ0v) is 10.6. The van der Waals surface area contributed by atoms with Crippen molar-refractivity contribution in [2.75, 3.05) is 6.61 Å². The number of ether oxygens (including phenoxy) is 1. The third kappa shape index (κ3) is 2.48. The number of aliphatic hydroxyl groups is 1. The second-order valence-electron chi connectivity index (χ2n) is 3.86. The van der Waals surface area contributed by atoms with Crippen molar-refractivity contribution >= 4 is 34.5 Å². The Morgan fingerprint density at radius 3 is 2.80 bits per heavy atom. The standard InChI is InChI=1S/C10H12Cl2O2S/c1-5-2-6(4-14-5)9(13)7-3-8(11)15-10(7)12/h3,5-6,9,13H,2,4H2,1H3. The van der Waals surface area contributed by atoms with Crippen LogP contribution in [0.3, 0.4) is 0 Å². The molecule has 1 aromatic rings. The summed E-state index contributed by atoms with van der Waals surface area (Å²) in [4.78, 5) is 0. The minimum Gasteiger partial charge on any atom is -0.388 e. The van der Waals surface area contributed by atoms with Crippen molar-refractivity contribution in [2.45, 2.75) is 25.6 Å². The molecule has 1 fully saturated rings. The Bertz CT molecular complexity index is 353. The number of rotatable bonds is 2. The van der Waals surface area contributed by atoms with Crippen LogP contribution in [-0.2, 0) is 4.74 Å². The summed E-state index contributed by atoms with van der Waals surface area (Å²) in [7, 11) is 0. The second kappa shape index (κ2) is 4.60. The fourth-order valence-corrected chi connectivity index (χ4v) is 3.42. The van der Waals surface area contributed by atoms with Gasteiger partial charge in [-0.3, -0.25) is 0 Å². The molecule has 5 heteroatoms. The number of hydrogen-bond donors (Lipinski definition) is 1. The van der Waals surface area contributed by atoms with Gasteiger partial charge >= 0.3 is 0 Å². The van der Waals surface area contributed by atoms with Crippen LogP contribution in [0.25, 0.3) is 0 Å². The molecule has 1 N–H and O–H groups in total. The molecule has 1 aromatic heterocycles. The van der Waals surface area contributed by atoms with Gasteiger partial charge in [-0.1, -0.05) is 23.2 Å². The SMILES string of the molecule is CC1CC(C(O)c2cc(Cl)sc2Cl)CO1. The fraction of sp³-hybridized carbons (Fsp3) is 0.600. The van der Waals surface area contributed by atoms with Gasteiger partial charge in [-0.05, 0) is 19.4 Å². The average molecular weight is 267 g/mol. The molecule has 1 saturated heterocycles. The van der Waals surface area contributed by atoms with Crippen molar-refractivity contribution in [3.05, 3.63) is 20.3 Å². The van der Waals surface area contributed by atoms with Crippen molar-refractivity contribution in [3.63, 3.8) is 0 Å². The van der Waals surface area contributed by atoms with E-state index >= 15 is 0 Å². The van der Waals surface area contributed by atoms with Crippen molar-refractivity contribution < 1.29 is 9.84 Å². The zero-order chi connectivity index (χ0) is 11.0. The first-order valence-corrected chi connectivity index (χ1v) is 6.39. The van der Waals surface area contributed by atoms with E-state index in [-0.39, 0.29) is 12.0 Å². The van der Waals surface area contributed by atoms with E-state index in [1.54, 1.807) is 6.07 Å². The van der Waals surface area contributed by atoms with Gasteiger partial charge in [0, 0.05) is 11.5 Å². The molecule has 0 saturated carbocycles. The Hall–Kier alpha value is 0.200. The maximum atomic E-state index is 10.1. The highest BCUT2D eigenvalue weighted by Crippen LogP contribution is 2.40. The molecule has 0 amide bonds. The van der Waals surface area contributed by atoms with Gasteiger partial charge < -0.3 is 9.84 Å². The minimum absolute atomic E-state index is 0.128. The van der Waals surface area contributed by atoms with E-state index in [1.807, 2.05) is 6.92 Å². The largest absolute Gasteiger partial charge is 0.388 e. The average Bonchev–Trinajstić information content (AvgIpc) is 2.71. The molecule has 0 spiro atoms. The van der Waals surface area contributed by atoms with Gasteiger partial charge in [-0.2, -0.15) is 0 Å². The highest BCUT2D eigenvalue weighted by molar-refractivity contribution is 7.20. The van der Waals surface area contributed by atoms with Crippen molar-refractivity contribution in [1.82, 2.24) is 0 Å². The molecule has 1 aliphatic rings. The predicted octanol–water partition coefficient (Wildman–Crippen LogP) is 3.51. The zero-order valence-electron chi connectivity index (χ0n) is 8.24. The molecule has 0 bridgehead atoms. The smallest absolute Gasteiger partial charge is 0.100 e. The minimum atomic E-state index is -0.564. The Morgan fingerprint density at radius 1 is 1.60 bits per heavy atom. The molecule has 1 aliphatic heterocycles. The van der Waals surface area contributed by atoms with Crippen molar-refractivity contribution in [2.24, 2.45) is 5.92 Å². The first-order chi connectivity index (χ1) is 7.08.